The topological polar surface area (TPSA) is 63.4 Å². The molecule has 2 heterocycles. The average molecular weight is 259 g/mol. The molecule has 0 spiro atoms. The Hall–Kier alpha value is -1.07. The molecule has 2 N–H and O–H groups in total. The van der Waals surface area contributed by atoms with E-state index in [-0.39, 0.29) is 5.91 Å². The summed E-state index contributed by atoms with van der Waals surface area (Å²) >= 11 is 7.17. The lowest BCUT2D eigenvalue weighted by atomic mass is 10.2. The third kappa shape index (κ3) is 1.92. The van der Waals surface area contributed by atoms with E-state index in [0.29, 0.717) is 22.9 Å². The SMILES string of the molecule is NC(=O)C1CCCN1C(=O)c1sccc1Cl. The molecule has 4 nitrogen and oxygen atoms in total. The number of hydrogen-bond donors (Lipinski definition) is 1. The molecule has 0 bridgehead atoms. The highest BCUT2D eigenvalue weighted by molar-refractivity contribution is 7.12. The van der Waals surface area contributed by atoms with Gasteiger partial charge in [0.2, 0.25) is 5.91 Å². The molecule has 6 heteroatoms. The van der Waals surface area contributed by atoms with Gasteiger partial charge in [0.1, 0.15) is 10.9 Å². The first-order chi connectivity index (χ1) is 7.61. The van der Waals surface area contributed by atoms with E-state index in [9.17, 15) is 9.59 Å². The zero-order valence-electron chi connectivity index (χ0n) is 8.48. The van der Waals surface area contributed by atoms with Crippen molar-refractivity contribution in [3.05, 3.63) is 21.3 Å². The minimum absolute atomic E-state index is 0.193. The Morgan fingerprint density at radius 2 is 2.31 bits per heavy atom. The maximum atomic E-state index is 12.1. The molecule has 1 aliphatic heterocycles. The van der Waals surface area contributed by atoms with E-state index in [0.717, 1.165) is 6.42 Å². The van der Waals surface area contributed by atoms with E-state index in [2.05, 4.69) is 0 Å². The molecule has 0 aliphatic carbocycles. The molecule has 1 aromatic rings. The smallest absolute Gasteiger partial charge is 0.266 e. The second-order valence-electron chi connectivity index (χ2n) is 3.66. The zero-order chi connectivity index (χ0) is 11.7. The Kier molecular flexibility index (Phi) is 3.16. The average Bonchev–Trinajstić information content (AvgIpc) is 2.84. The summed E-state index contributed by atoms with van der Waals surface area (Å²) in [7, 11) is 0. The number of rotatable bonds is 2. The van der Waals surface area contributed by atoms with Crippen LogP contribution in [0.3, 0.4) is 0 Å². The lowest BCUT2D eigenvalue weighted by Gasteiger charge is -2.21. The molecule has 1 aromatic heterocycles. The number of carbonyl (C=O) groups excluding carboxylic acids is 2. The molecule has 1 unspecified atom stereocenters. The summed E-state index contributed by atoms with van der Waals surface area (Å²) in [5, 5.41) is 2.19. The molecule has 1 saturated heterocycles. The van der Waals surface area contributed by atoms with Crippen LogP contribution in [-0.2, 0) is 4.79 Å². The van der Waals surface area contributed by atoms with Crippen LogP contribution in [-0.4, -0.2) is 29.3 Å². The molecule has 2 rings (SSSR count). The number of primary amides is 1. The number of halogens is 1. The fraction of sp³-hybridized carbons (Fsp3) is 0.400. The van der Waals surface area contributed by atoms with Gasteiger partial charge in [-0.05, 0) is 24.3 Å². The Morgan fingerprint density at radius 3 is 2.88 bits per heavy atom. The van der Waals surface area contributed by atoms with Gasteiger partial charge in [-0.2, -0.15) is 0 Å². The Bertz CT molecular complexity index is 432. The van der Waals surface area contributed by atoms with Crippen molar-refractivity contribution in [2.24, 2.45) is 5.73 Å². The summed E-state index contributed by atoms with van der Waals surface area (Å²) in [4.78, 5) is 25.3. The van der Waals surface area contributed by atoms with Crippen molar-refractivity contribution in [2.75, 3.05) is 6.54 Å². The summed E-state index contributed by atoms with van der Waals surface area (Å²) in [6.07, 6.45) is 1.45. The molecular formula is C10H11ClN2O2S. The molecular weight excluding hydrogens is 248 g/mol. The number of nitrogens with zero attached hydrogens (tertiary/aromatic N) is 1. The number of hydrogen-bond acceptors (Lipinski definition) is 3. The number of likely N-dealkylation sites (tertiary alicyclic amines) is 1. The Labute approximate surface area is 102 Å². The van der Waals surface area contributed by atoms with E-state index in [1.165, 1.54) is 16.2 Å². The molecule has 0 aromatic carbocycles. The molecule has 1 fully saturated rings. The quantitative estimate of drug-likeness (QED) is 0.874. The minimum Gasteiger partial charge on any atom is -0.368 e. The first-order valence-electron chi connectivity index (χ1n) is 4.94. The fourth-order valence-corrected chi connectivity index (χ4v) is 2.97. The third-order valence-corrected chi connectivity index (χ3v) is 3.98. The van der Waals surface area contributed by atoms with Gasteiger partial charge in [0.15, 0.2) is 0 Å². The zero-order valence-corrected chi connectivity index (χ0v) is 10.1. The van der Waals surface area contributed by atoms with Crippen molar-refractivity contribution >= 4 is 34.8 Å². The largest absolute Gasteiger partial charge is 0.368 e. The fourth-order valence-electron chi connectivity index (χ4n) is 1.88. The van der Waals surface area contributed by atoms with Crippen LogP contribution in [0.4, 0.5) is 0 Å². The highest BCUT2D eigenvalue weighted by Crippen LogP contribution is 2.27. The standard InChI is InChI=1S/C10H11ClN2O2S/c11-6-3-5-16-8(6)10(15)13-4-1-2-7(13)9(12)14/h3,5,7H,1-2,4H2,(H2,12,14). The second kappa shape index (κ2) is 4.43. The minimum atomic E-state index is -0.481. The van der Waals surface area contributed by atoms with Crippen LogP contribution < -0.4 is 5.73 Å². The van der Waals surface area contributed by atoms with E-state index in [1.807, 2.05) is 0 Å². The predicted molar refractivity (Wildman–Crippen MR) is 62.6 cm³/mol. The second-order valence-corrected chi connectivity index (χ2v) is 4.98. The molecule has 0 saturated carbocycles. The van der Waals surface area contributed by atoms with Crippen molar-refractivity contribution in [3.63, 3.8) is 0 Å². The molecule has 0 radical (unpaired) electrons. The van der Waals surface area contributed by atoms with Crippen molar-refractivity contribution in [1.29, 1.82) is 0 Å². The highest BCUT2D eigenvalue weighted by Gasteiger charge is 2.34. The molecule has 16 heavy (non-hydrogen) atoms. The first-order valence-corrected chi connectivity index (χ1v) is 6.20. The summed E-state index contributed by atoms with van der Waals surface area (Å²) in [6.45, 7) is 0.570. The van der Waals surface area contributed by atoms with E-state index in [1.54, 1.807) is 11.4 Å². The van der Waals surface area contributed by atoms with Gasteiger partial charge in [-0.3, -0.25) is 9.59 Å². The lowest BCUT2D eigenvalue weighted by molar-refractivity contribution is -0.121. The summed E-state index contributed by atoms with van der Waals surface area (Å²) in [5.41, 5.74) is 5.25. The number of carbonyl (C=O) groups is 2. The molecule has 1 aliphatic rings. The van der Waals surface area contributed by atoms with E-state index >= 15 is 0 Å². The van der Waals surface area contributed by atoms with Crippen LogP contribution in [0.5, 0.6) is 0 Å². The summed E-state index contributed by atoms with van der Waals surface area (Å²) < 4.78 is 0. The van der Waals surface area contributed by atoms with Crippen LogP contribution in [0.1, 0.15) is 22.5 Å². The van der Waals surface area contributed by atoms with Crippen LogP contribution in [0.2, 0.25) is 5.02 Å². The van der Waals surface area contributed by atoms with Gasteiger partial charge in [0.05, 0.1) is 5.02 Å². The number of amides is 2. The van der Waals surface area contributed by atoms with Crippen LogP contribution in [0.15, 0.2) is 11.4 Å². The maximum absolute atomic E-state index is 12.1. The van der Waals surface area contributed by atoms with Crippen LogP contribution in [0.25, 0.3) is 0 Å². The van der Waals surface area contributed by atoms with E-state index < -0.39 is 11.9 Å². The Balaban J connectivity index is 2.22. The van der Waals surface area contributed by atoms with Gasteiger partial charge in [-0.15, -0.1) is 11.3 Å². The van der Waals surface area contributed by atoms with Gasteiger partial charge < -0.3 is 10.6 Å². The summed E-state index contributed by atoms with van der Waals surface area (Å²) in [5.74, 6) is -0.639. The third-order valence-electron chi connectivity index (χ3n) is 2.65. The molecule has 1 atom stereocenters. The number of nitrogens with two attached hydrogens (primary N) is 1. The summed E-state index contributed by atoms with van der Waals surface area (Å²) in [6, 6.07) is 1.19. The van der Waals surface area contributed by atoms with Crippen LogP contribution >= 0.6 is 22.9 Å². The molecule has 2 amide bonds. The van der Waals surface area contributed by atoms with Gasteiger partial charge in [-0.25, -0.2) is 0 Å². The van der Waals surface area contributed by atoms with Crippen molar-refractivity contribution in [1.82, 2.24) is 4.90 Å². The van der Waals surface area contributed by atoms with Gasteiger partial charge >= 0.3 is 0 Å². The maximum Gasteiger partial charge on any atom is 0.266 e. The highest BCUT2D eigenvalue weighted by atomic mass is 35.5. The van der Waals surface area contributed by atoms with Crippen molar-refractivity contribution in [2.45, 2.75) is 18.9 Å². The van der Waals surface area contributed by atoms with Gasteiger partial charge in [0, 0.05) is 6.54 Å². The lowest BCUT2D eigenvalue weighted by Crippen LogP contribution is -2.43. The van der Waals surface area contributed by atoms with Crippen LogP contribution in [0, 0.1) is 0 Å². The first kappa shape index (κ1) is 11.4. The predicted octanol–water partition coefficient (Wildman–Crippen LogP) is 1.49. The van der Waals surface area contributed by atoms with Crippen molar-refractivity contribution in [3.8, 4) is 0 Å². The van der Waals surface area contributed by atoms with Crippen molar-refractivity contribution < 1.29 is 9.59 Å². The van der Waals surface area contributed by atoms with Gasteiger partial charge in [0.25, 0.3) is 5.91 Å². The molecule has 86 valence electrons. The van der Waals surface area contributed by atoms with E-state index in [4.69, 9.17) is 17.3 Å². The monoisotopic (exact) mass is 258 g/mol. The normalized spacial score (nSPS) is 20.1. The number of thiophene rings is 1. The Morgan fingerprint density at radius 1 is 1.56 bits per heavy atom. The van der Waals surface area contributed by atoms with Gasteiger partial charge in [-0.1, -0.05) is 11.6 Å².